The maximum Gasteiger partial charge on any atom is 0.252 e. The SMILES string of the molecule is Cc1ccc(Nc2cc(C(=O)N[C@H](C)CCc3ccccc3)c3ccccc3n2)c(C)c1. The fourth-order valence-corrected chi connectivity index (χ4v) is 3.92. The van der Waals surface area contributed by atoms with Crippen LogP contribution in [0.5, 0.6) is 0 Å². The Hall–Kier alpha value is -3.66. The Morgan fingerprint density at radius 2 is 1.69 bits per heavy atom. The van der Waals surface area contributed by atoms with E-state index in [1.165, 1.54) is 11.1 Å². The first-order valence-corrected chi connectivity index (χ1v) is 11.1. The first kappa shape index (κ1) is 21.6. The third-order valence-electron chi connectivity index (χ3n) is 5.69. The molecule has 4 aromatic rings. The van der Waals surface area contributed by atoms with Crippen LogP contribution in [-0.2, 0) is 6.42 Å². The minimum atomic E-state index is -0.0761. The van der Waals surface area contributed by atoms with Crippen LogP contribution in [0.1, 0.15) is 40.4 Å². The second kappa shape index (κ2) is 9.65. The first-order valence-electron chi connectivity index (χ1n) is 11.1. The largest absolute Gasteiger partial charge is 0.350 e. The van der Waals surface area contributed by atoms with Gasteiger partial charge >= 0.3 is 0 Å². The summed E-state index contributed by atoms with van der Waals surface area (Å²) in [5, 5.41) is 7.42. The predicted octanol–water partition coefficient (Wildman–Crippen LogP) is 6.35. The van der Waals surface area contributed by atoms with E-state index in [1.54, 1.807) is 0 Å². The molecule has 0 fully saturated rings. The number of fused-ring (bicyclic) bond motifs is 1. The van der Waals surface area contributed by atoms with Gasteiger partial charge in [-0.15, -0.1) is 0 Å². The van der Waals surface area contributed by atoms with Crippen molar-refractivity contribution in [3.8, 4) is 0 Å². The number of carbonyl (C=O) groups excluding carboxylic acids is 1. The van der Waals surface area contributed by atoms with Crippen molar-refractivity contribution in [3.05, 3.63) is 101 Å². The van der Waals surface area contributed by atoms with Crippen LogP contribution >= 0.6 is 0 Å². The molecule has 0 unspecified atom stereocenters. The van der Waals surface area contributed by atoms with Crippen LogP contribution in [0.2, 0.25) is 0 Å². The number of hydrogen-bond donors (Lipinski definition) is 2. The smallest absolute Gasteiger partial charge is 0.252 e. The highest BCUT2D eigenvalue weighted by atomic mass is 16.1. The zero-order valence-corrected chi connectivity index (χ0v) is 18.9. The van der Waals surface area contributed by atoms with Crippen molar-refractivity contribution in [1.82, 2.24) is 10.3 Å². The normalized spacial score (nSPS) is 11.8. The maximum absolute atomic E-state index is 13.2. The summed E-state index contributed by atoms with van der Waals surface area (Å²) in [7, 11) is 0. The number of hydrogen-bond acceptors (Lipinski definition) is 3. The van der Waals surface area contributed by atoms with E-state index in [2.05, 4.69) is 55.7 Å². The molecule has 4 heteroatoms. The van der Waals surface area contributed by atoms with Crippen molar-refractivity contribution in [1.29, 1.82) is 0 Å². The molecule has 1 aromatic heterocycles. The quantitative estimate of drug-likeness (QED) is 0.364. The topological polar surface area (TPSA) is 54.0 Å². The van der Waals surface area contributed by atoms with Gasteiger partial charge in [-0.25, -0.2) is 4.98 Å². The zero-order valence-electron chi connectivity index (χ0n) is 18.9. The standard InChI is InChI=1S/C28H29N3O/c1-19-13-16-25(20(2)17-19)30-27-18-24(23-11-7-8-12-26(23)31-27)28(32)29-21(3)14-15-22-9-5-4-6-10-22/h4-13,16-18,21H,14-15H2,1-3H3,(H,29,32)(H,30,31)/t21-/m1/s1. The number of para-hydroxylation sites is 1. The van der Waals surface area contributed by atoms with Crippen molar-refractivity contribution in [3.63, 3.8) is 0 Å². The second-order valence-electron chi connectivity index (χ2n) is 8.41. The molecule has 0 aliphatic heterocycles. The fourth-order valence-electron chi connectivity index (χ4n) is 3.92. The Bertz CT molecular complexity index is 1230. The maximum atomic E-state index is 13.2. The molecule has 0 saturated heterocycles. The monoisotopic (exact) mass is 423 g/mol. The van der Waals surface area contributed by atoms with E-state index < -0.39 is 0 Å². The Morgan fingerprint density at radius 1 is 0.938 bits per heavy atom. The number of carbonyl (C=O) groups is 1. The summed E-state index contributed by atoms with van der Waals surface area (Å²) in [6.07, 6.45) is 1.81. The van der Waals surface area contributed by atoms with E-state index >= 15 is 0 Å². The van der Waals surface area contributed by atoms with Crippen molar-refractivity contribution < 1.29 is 4.79 Å². The first-order chi connectivity index (χ1) is 15.5. The Kier molecular flexibility index (Phi) is 6.50. The molecule has 0 bridgehead atoms. The summed E-state index contributed by atoms with van der Waals surface area (Å²) in [5.74, 6) is 0.589. The summed E-state index contributed by atoms with van der Waals surface area (Å²) in [6.45, 7) is 6.20. The highest BCUT2D eigenvalue weighted by molar-refractivity contribution is 6.07. The van der Waals surface area contributed by atoms with Gasteiger partial charge in [0.1, 0.15) is 5.82 Å². The summed E-state index contributed by atoms with van der Waals surface area (Å²) in [5.41, 5.74) is 6.05. The minimum absolute atomic E-state index is 0.0605. The van der Waals surface area contributed by atoms with Crippen LogP contribution in [0.3, 0.4) is 0 Å². The average Bonchev–Trinajstić information content (AvgIpc) is 2.79. The summed E-state index contributed by atoms with van der Waals surface area (Å²) >= 11 is 0. The van der Waals surface area contributed by atoms with Gasteiger partial charge in [0.2, 0.25) is 0 Å². The van der Waals surface area contributed by atoms with Crippen molar-refractivity contribution in [2.24, 2.45) is 0 Å². The number of aryl methyl sites for hydroxylation is 3. The molecule has 4 rings (SSSR count). The zero-order chi connectivity index (χ0) is 22.5. The van der Waals surface area contributed by atoms with Crippen molar-refractivity contribution in [2.75, 3.05) is 5.32 Å². The molecule has 0 saturated carbocycles. The van der Waals surface area contributed by atoms with E-state index in [-0.39, 0.29) is 11.9 Å². The minimum Gasteiger partial charge on any atom is -0.350 e. The summed E-state index contributed by atoms with van der Waals surface area (Å²) in [6, 6.07) is 26.3. The highest BCUT2D eigenvalue weighted by Crippen LogP contribution is 2.25. The lowest BCUT2D eigenvalue weighted by atomic mass is 10.0. The van der Waals surface area contributed by atoms with E-state index in [1.807, 2.05) is 54.6 Å². The molecule has 3 aromatic carbocycles. The van der Waals surface area contributed by atoms with Gasteiger partial charge in [0, 0.05) is 17.1 Å². The number of nitrogens with one attached hydrogen (secondary N) is 2. The van der Waals surface area contributed by atoms with Gasteiger partial charge in [-0.05, 0) is 62.9 Å². The lowest BCUT2D eigenvalue weighted by Gasteiger charge is -2.16. The van der Waals surface area contributed by atoms with Gasteiger partial charge in [0.15, 0.2) is 0 Å². The van der Waals surface area contributed by atoms with Crippen molar-refractivity contribution in [2.45, 2.75) is 39.7 Å². The van der Waals surface area contributed by atoms with E-state index in [4.69, 9.17) is 4.98 Å². The number of rotatable bonds is 7. The highest BCUT2D eigenvalue weighted by Gasteiger charge is 2.16. The molecule has 162 valence electrons. The molecule has 0 radical (unpaired) electrons. The number of amides is 1. The van der Waals surface area contributed by atoms with Crippen molar-refractivity contribution >= 4 is 28.3 Å². The molecular weight excluding hydrogens is 394 g/mol. The molecule has 0 spiro atoms. The number of anilines is 2. The molecule has 1 atom stereocenters. The molecule has 2 N–H and O–H groups in total. The third-order valence-corrected chi connectivity index (χ3v) is 5.69. The van der Waals surface area contributed by atoms with Crippen LogP contribution in [-0.4, -0.2) is 16.9 Å². The molecular formula is C28H29N3O. The molecule has 4 nitrogen and oxygen atoms in total. The second-order valence-corrected chi connectivity index (χ2v) is 8.41. The molecule has 1 amide bonds. The Morgan fingerprint density at radius 3 is 2.47 bits per heavy atom. The fraction of sp³-hybridized carbons (Fsp3) is 0.214. The van der Waals surface area contributed by atoms with Crippen LogP contribution in [0.25, 0.3) is 10.9 Å². The number of aromatic nitrogens is 1. The van der Waals surface area contributed by atoms with E-state index in [0.29, 0.717) is 11.4 Å². The van der Waals surface area contributed by atoms with Gasteiger partial charge < -0.3 is 10.6 Å². The summed E-state index contributed by atoms with van der Waals surface area (Å²) < 4.78 is 0. The predicted molar refractivity (Wildman–Crippen MR) is 133 cm³/mol. The number of nitrogens with zero attached hydrogens (tertiary/aromatic N) is 1. The lowest BCUT2D eigenvalue weighted by molar-refractivity contribution is 0.0940. The lowest BCUT2D eigenvalue weighted by Crippen LogP contribution is -2.33. The number of benzene rings is 3. The van der Waals surface area contributed by atoms with Gasteiger partial charge in [-0.1, -0.05) is 66.2 Å². The van der Waals surface area contributed by atoms with Crippen LogP contribution in [0.15, 0.2) is 78.9 Å². The Labute approximate surface area is 189 Å². The van der Waals surface area contributed by atoms with Crippen LogP contribution in [0.4, 0.5) is 11.5 Å². The molecule has 1 heterocycles. The van der Waals surface area contributed by atoms with E-state index in [9.17, 15) is 4.79 Å². The van der Waals surface area contributed by atoms with Crippen LogP contribution < -0.4 is 10.6 Å². The van der Waals surface area contributed by atoms with Gasteiger partial charge in [-0.3, -0.25) is 4.79 Å². The molecule has 32 heavy (non-hydrogen) atoms. The van der Waals surface area contributed by atoms with Gasteiger partial charge in [0.05, 0.1) is 11.1 Å². The third kappa shape index (κ3) is 5.14. The van der Waals surface area contributed by atoms with Gasteiger partial charge in [0.25, 0.3) is 5.91 Å². The molecule has 0 aliphatic carbocycles. The van der Waals surface area contributed by atoms with Gasteiger partial charge in [-0.2, -0.15) is 0 Å². The number of pyridine rings is 1. The van der Waals surface area contributed by atoms with E-state index in [0.717, 1.165) is 35.0 Å². The summed E-state index contributed by atoms with van der Waals surface area (Å²) in [4.78, 5) is 18.0. The average molecular weight is 424 g/mol. The molecule has 0 aliphatic rings. The van der Waals surface area contributed by atoms with Crippen LogP contribution in [0, 0.1) is 13.8 Å². The Balaban J connectivity index is 1.55.